The third kappa shape index (κ3) is 6.82. The fraction of sp³-hybridized carbons (Fsp3) is 0.323. The van der Waals surface area contributed by atoms with E-state index in [2.05, 4.69) is 149 Å². The Labute approximate surface area is 387 Å². The van der Waals surface area contributed by atoms with Crippen molar-refractivity contribution in [1.82, 2.24) is 0 Å². The Morgan fingerprint density at radius 3 is 1.40 bits per heavy atom. The molecule has 2 heterocycles. The average molecular weight is 845 g/mol. The van der Waals surface area contributed by atoms with Crippen molar-refractivity contribution < 1.29 is 0 Å². The largest absolute Gasteiger partial charge is 0.311 e. The zero-order valence-corrected chi connectivity index (χ0v) is 38.1. The van der Waals surface area contributed by atoms with Crippen LogP contribution >= 0.6 is 0 Å². The van der Waals surface area contributed by atoms with E-state index in [0.717, 1.165) is 0 Å². The first-order chi connectivity index (χ1) is 32.2. The van der Waals surface area contributed by atoms with Crippen LogP contribution in [-0.2, 0) is 25.7 Å². The standard InChI is InChI=1S/C62H61BN2/c1-5-18-42(19-6-1)46-32-34-57-55(40-46)63-56-41-47(43-20-7-2-8-21-43)33-35-58(56)65(62-53-28-15-13-26-48(53)36-49-27-14-16-29-54(49)62)60-31-17-30-59(61(60)63)64(57)52-38-50(44-22-9-3-10-23-44)37-51(39-52)45-24-11-4-12-25-45/h3-4,9-12,17,22-25,30-43H,1-2,5-8,13-16,18-21,26-29H2. The molecule has 0 saturated heterocycles. The molecule has 0 spiro atoms. The molecular formula is C62H61BN2. The number of aryl methyl sites for hydroxylation is 2. The van der Waals surface area contributed by atoms with E-state index in [0.29, 0.717) is 11.8 Å². The molecule has 3 heteroatoms. The fourth-order valence-corrected chi connectivity index (χ4v) is 13.6. The van der Waals surface area contributed by atoms with Crippen molar-refractivity contribution in [2.45, 2.75) is 127 Å². The normalized spacial score (nSPS) is 18.1. The van der Waals surface area contributed by atoms with Gasteiger partial charge in [0.05, 0.1) is 5.69 Å². The average Bonchev–Trinajstić information content (AvgIpc) is 3.38. The van der Waals surface area contributed by atoms with Crippen LogP contribution in [0.15, 0.2) is 140 Å². The van der Waals surface area contributed by atoms with Gasteiger partial charge in [0.2, 0.25) is 0 Å². The van der Waals surface area contributed by atoms with Gasteiger partial charge in [0.1, 0.15) is 0 Å². The van der Waals surface area contributed by atoms with Crippen molar-refractivity contribution in [3.05, 3.63) is 173 Å². The maximum atomic E-state index is 2.84. The molecule has 0 amide bonds. The molecule has 0 radical (unpaired) electrons. The van der Waals surface area contributed by atoms with Crippen LogP contribution in [0.5, 0.6) is 0 Å². The van der Waals surface area contributed by atoms with Crippen molar-refractivity contribution in [3.8, 4) is 22.3 Å². The van der Waals surface area contributed by atoms with Gasteiger partial charge in [0.25, 0.3) is 6.71 Å². The Hall–Kier alpha value is -5.80. The van der Waals surface area contributed by atoms with E-state index in [4.69, 9.17) is 0 Å². The Kier molecular flexibility index (Phi) is 10.1. The SMILES string of the molecule is c1ccc(-c2cc(-c3ccccc3)cc(N3c4ccc(C5CCCCC5)cc4B4c5cc(C6CCCCC6)ccc5N(c5c6c(cc7c5CCCC7)CCCC6)c5cccc3c54)c2)cc1. The summed E-state index contributed by atoms with van der Waals surface area (Å²) >= 11 is 0. The summed E-state index contributed by atoms with van der Waals surface area (Å²) in [5, 5.41) is 0. The van der Waals surface area contributed by atoms with Gasteiger partial charge in [0.15, 0.2) is 0 Å². The predicted octanol–water partition coefficient (Wildman–Crippen LogP) is 15.0. The van der Waals surface area contributed by atoms with Crippen LogP contribution in [0.1, 0.15) is 135 Å². The summed E-state index contributed by atoms with van der Waals surface area (Å²) < 4.78 is 0. The molecule has 4 aliphatic carbocycles. The van der Waals surface area contributed by atoms with Crippen LogP contribution in [0, 0.1) is 0 Å². The van der Waals surface area contributed by atoms with Crippen molar-refractivity contribution >= 4 is 57.2 Å². The number of hydrogen-bond donors (Lipinski definition) is 0. The summed E-state index contributed by atoms with van der Waals surface area (Å²) in [7, 11) is 0. The minimum Gasteiger partial charge on any atom is -0.311 e. The minimum absolute atomic E-state index is 0.145. The van der Waals surface area contributed by atoms with Crippen LogP contribution in [-0.4, -0.2) is 6.71 Å². The molecule has 0 atom stereocenters. The van der Waals surface area contributed by atoms with E-state index in [1.165, 1.54) is 183 Å². The van der Waals surface area contributed by atoms with Gasteiger partial charge in [-0.25, -0.2) is 0 Å². The lowest BCUT2D eigenvalue weighted by molar-refractivity contribution is 0.444. The predicted molar refractivity (Wildman–Crippen MR) is 276 cm³/mol. The summed E-state index contributed by atoms with van der Waals surface area (Å²) in [6.07, 6.45) is 23.3. The van der Waals surface area contributed by atoms with E-state index in [9.17, 15) is 0 Å². The molecule has 2 saturated carbocycles. The second-order valence-corrected chi connectivity index (χ2v) is 20.5. The minimum atomic E-state index is 0.145. The summed E-state index contributed by atoms with van der Waals surface area (Å²) in [4.78, 5) is 5.52. The number of anilines is 6. The lowest BCUT2D eigenvalue weighted by atomic mass is 9.33. The van der Waals surface area contributed by atoms with Crippen molar-refractivity contribution in [2.75, 3.05) is 9.80 Å². The Morgan fingerprint density at radius 2 is 0.862 bits per heavy atom. The molecule has 2 aliphatic heterocycles. The van der Waals surface area contributed by atoms with Gasteiger partial charge in [-0.3, -0.25) is 0 Å². The van der Waals surface area contributed by atoms with E-state index in [1.54, 1.807) is 39.1 Å². The summed E-state index contributed by atoms with van der Waals surface area (Å²) in [5.74, 6) is 1.27. The highest BCUT2D eigenvalue weighted by atomic mass is 15.2. The summed E-state index contributed by atoms with van der Waals surface area (Å²) in [6, 6.07) is 55.1. The van der Waals surface area contributed by atoms with Gasteiger partial charge >= 0.3 is 0 Å². The maximum Gasteiger partial charge on any atom is 0.252 e. The van der Waals surface area contributed by atoms with Crippen LogP contribution < -0.4 is 26.2 Å². The van der Waals surface area contributed by atoms with Crippen LogP contribution in [0.2, 0.25) is 0 Å². The smallest absolute Gasteiger partial charge is 0.252 e. The van der Waals surface area contributed by atoms with Crippen molar-refractivity contribution in [2.24, 2.45) is 0 Å². The van der Waals surface area contributed by atoms with Crippen LogP contribution in [0.25, 0.3) is 22.3 Å². The quantitative estimate of drug-likeness (QED) is 0.154. The Bertz CT molecular complexity index is 2830. The zero-order valence-electron chi connectivity index (χ0n) is 38.1. The number of nitrogens with zero attached hydrogens (tertiary/aromatic N) is 2. The molecule has 2 nitrogen and oxygen atoms in total. The molecule has 2 fully saturated rings. The molecule has 6 aliphatic rings. The van der Waals surface area contributed by atoms with Gasteiger partial charge in [-0.2, -0.15) is 0 Å². The first-order valence-corrected chi connectivity index (χ1v) is 25.7. The topological polar surface area (TPSA) is 6.48 Å². The number of benzene rings is 7. The zero-order chi connectivity index (χ0) is 42.8. The molecule has 65 heavy (non-hydrogen) atoms. The van der Waals surface area contributed by atoms with Crippen LogP contribution in [0.3, 0.4) is 0 Å². The maximum absolute atomic E-state index is 2.84. The molecule has 0 bridgehead atoms. The summed E-state index contributed by atoms with van der Waals surface area (Å²) in [5.41, 5.74) is 27.3. The molecule has 7 aromatic carbocycles. The van der Waals surface area contributed by atoms with Crippen LogP contribution in [0.4, 0.5) is 34.1 Å². The lowest BCUT2D eigenvalue weighted by Crippen LogP contribution is -2.61. The van der Waals surface area contributed by atoms with Gasteiger partial charge in [0, 0.05) is 28.4 Å². The van der Waals surface area contributed by atoms with Gasteiger partial charge in [-0.1, -0.05) is 136 Å². The highest BCUT2D eigenvalue weighted by Crippen LogP contribution is 2.50. The molecule has 7 aromatic rings. The Morgan fingerprint density at radius 1 is 0.369 bits per heavy atom. The van der Waals surface area contributed by atoms with Gasteiger partial charge in [-0.05, 0) is 203 Å². The third-order valence-electron chi connectivity index (χ3n) is 16.7. The fourth-order valence-electron chi connectivity index (χ4n) is 13.6. The second kappa shape index (κ2) is 16.6. The third-order valence-corrected chi connectivity index (χ3v) is 16.7. The second-order valence-electron chi connectivity index (χ2n) is 20.5. The molecule has 13 rings (SSSR count). The van der Waals surface area contributed by atoms with E-state index >= 15 is 0 Å². The van der Waals surface area contributed by atoms with Crippen molar-refractivity contribution in [3.63, 3.8) is 0 Å². The number of rotatable bonds is 6. The number of hydrogen-bond acceptors (Lipinski definition) is 2. The molecular weight excluding hydrogens is 784 g/mol. The highest BCUT2D eigenvalue weighted by Gasteiger charge is 2.45. The number of fused-ring (bicyclic) bond motifs is 6. The highest BCUT2D eigenvalue weighted by molar-refractivity contribution is 7.00. The monoisotopic (exact) mass is 844 g/mol. The van der Waals surface area contributed by atoms with Gasteiger partial charge in [-0.15, -0.1) is 0 Å². The van der Waals surface area contributed by atoms with E-state index in [1.807, 2.05) is 0 Å². The first kappa shape index (κ1) is 39.6. The molecule has 0 unspecified atom stereocenters. The van der Waals surface area contributed by atoms with E-state index < -0.39 is 0 Å². The van der Waals surface area contributed by atoms with Gasteiger partial charge < -0.3 is 9.80 Å². The summed E-state index contributed by atoms with van der Waals surface area (Å²) in [6.45, 7) is 0.145. The first-order valence-electron chi connectivity index (χ1n) is 25.7. The van der Waals surface area contributed by atoms with E-state index in [-0.39, 0.29) is 6.71 Å². The molecule has 322 valence electrons. The lowest BCUT2D eigenvalue weighted by Gasteiger charge is -2.46. The molecule has 0 N–H and O–H groups in total. The molecule has 0 aromatic heterocycles. The van der Waals surface area contributed by atoms with Crippen molar-refractivity contribution in [1.29, 1.82) is 0 Å². The Balaban J connectivity index is 1.10.